The average Bonchev–Trinajstić information content (AvgIpc) is 3.31. The van der Waals surface area contributed by atoms with Gasteiger partial charge in [-0.25, -0.2) is 18.9 Å². The summed E-state index contributed by atoms with van der Waals surface area (Å²) in [4.78, 5) is 28.8. The molecule has 10 nitrogen and oxygen atoms in total. The summed E-state index contributed by atoms with van der Waals surface area (Å²) in [6.45, 7) is 0.582. The van der Waals surface area contributed by atoms with E-state index in [9.17, 15) is 18.0 Å². The lowest BCUT2D eigenvalue weighted by atomic mass is 9.98. The first kappa shape index (κ1) is 24.1. The molecular weight excluding hydrogens is 482 g/mol. The Hall–Kier alpha value is -3.06. The third kappa shape index (κ3) is 4.62. The van der Waals surface area contributed by atoms with Crippen LogP contribution in [0.15, 0.2) is 53.4 Å². The van der Waals surface area contributed by atoms with E-state index < -0.39 is 20.5 Å². The Bertz CT molecular complexity index is 1250. The molecule has 1 saturated heterocycles. The number of amides is 2. The van der Waals surface area contributed by atoms with Crippen LogP contribution in [0.4, 0.5) is 0 Å². The van der Waals surface area contributed by atoms with E-state index in [4.69, 9.17) is 14.7 Å². The van der Waals surface area contributed by atoms with Crippen molar-refractivity contribution in [2.45, 2.75) is 22.5 Å². The maximum absolute atomic E-state index is 13.2. The first-order valence-electron chi connectivity index (χ1n) is 10.5. The van der Waals surface area contributed by atoms with Gasteiger partial charge >= 0.3 is 0 Å². The molecule has 0 unspecified atom stereocenters. The van der Waals surface area contributed by atoms with Crippen molar-refractivity contribution >= 4 is 43.2 Å². The molecule has 1 aliphatic rings. The van der Waals surface area contributed by atoms with Crippen molar-refractivity contribution in [1.82, 2.24) is 15.8 Å². The standard InChI is InChI=1S/C22H23N3O7S2/c26-19(20-24-17-3-1-2-4-18(17)33-20)23-11-14-32-15-5-7-16(8-6-15)34(29,30)22(21(27)25-28)9-12-31-13-10-22/h1-8,28H,9-14H2,(H,23,26)(H,25,27). The van der Waals surface area contributed by atoms with Gasteiger partial charge in [0.25, 0.3) is 11.8 Å². The van der Waals surface area contributed by atoms with E-state index in [1.807, 2.05) is 24.3 Å². The summed E-state index contributed by atoms with van der Waals surface area (Å²) in [5.41, 5.74) is 2.26. The number of fused-ring (bicyclic) bond motifs is 1. The molecule has 0 aliphatic carbocycles. The van der Waals surface area contributed by atoms with E-state index in [2.05, 4.69) is 10.3 Å². The summed E-state index contributed by atoms with van der Waals surface area (Å²) in [7, 11) is -4.10. The Kier molecular flexibility index (Phi) is 7.12. The van der Waals surface area contributed by atoms with Crippen LogP contribution in [-0.4, -0.2) is 61.5 Å². The van der Waals surface area contributed by atoms with Gasteiger partial charge in [0.2, 0.25) is 0 Å². The largest absolute Gasteiger partial charge is 0.492 e. The zero-order valence-corrected chi connectivity index (χ0v) is 19.7. The van der Waals surface area contributed by atoms with Crippen LogP contribution in [0, 0.1) is 0 Å². The number of nitrogens with one attached hydrogen (secondary N) is 2. The fourth-order valence-corrected chi connectivity index (χ4v) is 6.56. The first-order valence-corrected chi connectivity index (χ1v) is 12.8. The number of benzene rings is 2. The van der Waals surface area contributed by atoms with Gasteiger partial charge in [0.05, 0.1) is 21.7 Å². The fraction of sp³-hybridized carbons (Fsp3) is 0.318. The fourth-order valence-electron chi connectivity index (χ4n) is 3.74. The molecule has 1 aliphatic heterocycles. The molecule has 2 aromatic carbocycles. The Morgan fingerprint density at radius 3 is 2.50 bits per heavy atom. The van der Waals surface area contributed by atoms with Crippen molar-refractivity contribution < 1.29 is 32.7 Å². The highest BCUT2D eigenvalue weighted by atomic mass is 32.2. The number of hydrogen-bond donors (Lipinski definition) is 3. The predicted octanol–water partition coefficient (Wildman–Crippen LogP) is 1.93. The molecule has 4 rings (SSSR count). The molecular formula is C22H23N3O7S2. The van der Waals surface area contributed by atoms with Gasteiger partial charge in [-0.3, -0.25) is 14.8 Å². The number of rotatable bonds is 8. The number of carbonyl (C=O) groups is 2. The van der Waals surface area contributed by atoms with E-state index in [1.165, 1.54) is 41.1 Å². The number of carbonyl (C=O) groups excluding carboxylic acids is 2. The molecule has 3 N–H and O–H groups in total. The smallest absolute Gasteiger partial charge is 0.280 e. The number of nitrogens with zero attached hydrogens (tertiary/aromatic N) is 1. The molecule has 1 fully saturated rings. The maximum atomic E-state index is 13.2. The van der Waals surface area contributed by atoms with Crippen LogP contribution in [0.3, 0.4) is 0 Å². The number of para-hydroxylation sites is 1. The molecule has 0 radical (unpaired) electrons. The molecule has 2 heterocycles. The zero-order valence-electron chi connectivity index (χ0n) is 18.0. The highest BCUT2D eigenvalue weighted by molar-refractivity contribution is 7.93. The molecule has 180 valence electrons. The number of sulfone groups is 1. The number of hydrogen-bond acceptors (Lipinski definition) is 9. The highest BCUT2D eigenvalue weighted by Crippen LogP contribution is 2.35. The van der Waals surface area contributed by atoms with Gasteiger partial charge in [-0.2, -0.15) is 0 Å². The van der Waals surface area contributed by atoms with Crippen LogP contribution < -0.4 is 15.5 Å². The van der Waals surface area contributed by atoms with Crippen molar-refractivity contribution in [1.29, 1.82) is 0 Å². The Balaban J connectivity index is 1.35. The van der Waals surface area contributed by atoms with Gasteiger partial charge in [-0.1, -0.05) is 12.1 Å². The van der Waals surface area contributed by atoms with E-state index in [1.54, 1.807) is 0 Å². The normalized spacial score (nSPS) is 15.6. The van der Waals surface area contributed by atoms with Crippen LogP contribution in [0.1, 0.15) is 22.6 Å². The van der Waals surface area contributed by atoms with Gasteiger partial charge in [0.1, 0.15) is 12.4 Å². The van der Waals surface area contributed by atoms with Crippen LogP contribution in [-0.2, 0) is 19.4 Å². The van der Waals surface area contributed by atoms with E-state index in [0.29, 0.717) is 10.8 Å². The molecule has 0 saturated carbocycles. The van der Waals surface area contributed by atoms with Gasteiger partial charge in [0.15, 0.2) is 19.6 Å². The van der Waals surface area contributed by atoms with Crippen LogP contribution in [0.5, 0.6) is 5.75 Å². The summed E-state index contributed by atoms with van der Waals surface area (Å²) >= 11 is 1.31. The summed E-state index contributed by atoms with van der Waals surface area (Å²) in [5.74, 6) is -0.865. The van der Waals surface area contributed by atoms with E-state index in [-0.39, 0.29) is 50.0 Å². The predicted molar refractivity (Wildman–Crippen MR) is 124 cm³/mol. The lowest BCUT2D eigenvalue weighted by molar-refractivity contribution is -0.134. The average molecular weight is 506 g/mol. The molecule has 12 heteroatoms. The van der Waals surface area contributed by atoms with Crippen molar-refractivity contribution in [2.24, 2.45) is 0 Å². The van der Waals surface area contributed by atoms with Crippen LogP contribution in [0.2, 0.25) is 0 Å². The summed E-state index contributed by atoms with van der Waals surface area (Å²) in [6.07, 6.45) is -0.122. The molecule has 0 spiro atoms. The lowest BCUT2D eigenvalue weighted by Gasteiger charge is -2.34. The van der Waals surface area contributed by atoms with Crippen molar-refractivity contribution in [3.63, 3.8) is 0 Å². The monoisotopic (exact) mass is 505 g/mol. The van der Waals surface area contributed by atoms with Gasteiger partial charge in [-0.05, 0) is 49.2 Å². The molecule has 0 bridgehead atoms. The summed E-state index contributed by atoms with van der Waals surface area (Å²) in [5, 5.41) is 12.2. The number of ether oxygens (including phenoxy) is 2. The highest BCUT2D eigenvalue weighted by Gasteiger charge is 2.52. The molecule has 34 heavy (non-hydrogen) atoms. The minimum atomic E-state index is -4.10. The Morgan fingerprint density at radius 1 is 1.12 bits per heavy atom. The molecule has 2 amide bonds. The van der Waals surface area contributed by atoms with E-state index in [0.717, 1.165) is 10.2 Å². The molecule has 1 aromatic heterocycles. The second-order valence-electron chi connectivity index (χ2n) is 7.61. The van der Waals surface area contributed by atoms with Gasteiger partial charge < -0.3 is 14.8 Å². The van der Waals surface area contributed by atoms with Crippen molar-refractivity contribution in [3.05, 3.63) is 53.5 Å². The van der Waals surface area contributed by atoms with Crippen LogP contribution in [0.25, 0.3) is 10.2 Å². The third-order valence-corrected chi connectivity index (χ3v) is 9.16. The minimum absolute atomic E-state index is 0.0607. The quantitative estimate of drug-likeness (QED) is 0.239. The lowest BCUT2D eigenvalue weighted by Crippen LogP contribution is -2.54. The third-order valence-electron chi connectivity index (χ3n) is 5.61. The second-order valence-corrected chi connectivity index (χ2v) is 10.9. The van der Waals surface area contributed by atoms with Crippen molar-refractivity contribution in [2.75, 3.05) is 26.4 Å². The summed E-state index contributed by atoms with van der Waals surface area (Å²) in [6, 6.07) is 13.2. The van der Waals surface area contributed by atoms with E-state index >= 15 is 0 Å². The molecule has 3 aromatic rings. The summed E-state index contributed by atoms with van der Waals surface area (Å²) < 4.78 is 36.4. The zero-order chi connectivity index (χ0) is 24.2. The SMILES string of the molecule is O=C(NCCOc1ccc(S(=O)(=O)C2(C(=O)NO)CCOCC2)cc1)c1nc2ccccc2s1. The molecule has 0 atom stereocenters. The first-order chi connectivity index (χ1) is 16.4. The van der Waals surface area contributed by atoms with Gasteiger partial charge in [-0.15, -0.1) is 11.3 Å². The van der Waals surface area contributed by atoms with Crippen LogP contribution >= 0.6 is 11.3 Å². The maximum Gasteiger partial charge on any atom is 0.280 e. The second kappa shape index (κ2) is 10.1. The Labute approximate surface area is 199 Å². The van der Waals surface area contributed by atoms with Crippen molar-refractivity contribution in [3.8, 4) is 5.75 Å². The Morgan fingerprint density at radius 2 is 1.82 bits per heavy atom. The topological polar surface area (TPSA) is 144 Å². The number of aromatic nitrogens is 1. The number of thiazole rings is 1. The number of hydroxylamine groups is 1. The minimum Gasteiger partial charge on any atom is -0.492 e. The van der Waals surface area contributed by atoms with Gasteiger partial charge in [0, 0.05) is 13.2 Å².